The van der Waals surface area contributed by atoms with Crippen molar-refractivity contribution in [3.8, 4) is 0 Å². The fourth-order valence-corrected chi connectivity index (χ4v) is 2.41. The molecule has 2 fully saturated rings. The lowest BCUT2D eigenvalue weighted by molar-refractivity contribution is -0.130. The second-order valence-electron chi connectivity index (χ2n) is 3.73. The van der Waals surface area contributed by atoms with Gasteiger partial charge in [0.15, 0.2) is 0 Å². The number of nitrogens with one attached hydrogen (secondary N) is 1. The molecule has 1 saturated heterocycles. The molecule has 1 heterocycles. The van der Waals surface area contributed by atoms with E-state index in [1.807, 2.05) is 0 Å². The number of carbonyl (C=O) groups excluding carboxylic acids is 1. The summed E-state index contributed by atoms with van der Waals surface area (Å²) in [5, 5.41) is 2.94. The lowest BCUT2D eigenvalue weighted by Crippen LogP contribution is -2.43. The number of rotatable bonds is 0. The van der Waals surface area contributed by atoms with Crippen molar-refractivity contribution in [2.24, 2.45) is 11.8 Å². The van der Waals surface area contributed by atoms with Crippen LogP contribution in [0.2, 0.25) is 0 Å². The van der Waals surface area contributed by atoms with Crippen molar-refractivity contribution in [1.82, 2.24) is 5.32 Å². The molecule has 1 aliphatic carbocycles. The zero-order chi connectivity index (χ0) is 7.68. The van der Waals surface area contributed by atoms with Gasteiger partial charge in [-0.1, -0.05) is 12.8 Å². The summed E-state index contributed by atoms with van der Waals surface area (Å²) >= 11 is 0. The Morgan fingerprint density at radius 3 is 2.82 bits per heavy atom. The van der Waals surface area contributed by atoms with Gasteiger partial charge < -0.3 is 5.32 Å². The summed E-state index contributed by atoms with van der Waals surface area (Å²) in [6.07, 6.45) is 6.24. The van der Waals surface area contributed by atoms with Gasteiger partial charge >= 0.3 is 0 Å². The van der Waals surface area contributed by atoms with E-state index in [2.05, 4.69) is 5.32 Å². The van der Waals surface area contributed by atoms with E-state index in [4.69, 9.17) is 0 Å². The Hall–Kier alpha value is -0.530. The topological polar surface area (TPSA) is 29.1 Å². The Morgan fingerprint density at radius 1 is 1.18 bits per heavy atom. The van der Waals surface area contributed by atoms with Crippen LogP contribution in [0.1, 0.15) is 32.1 Å². The van der Waals surface area contributed by atoms with E-state index in [0.717, 1.165) is 18.9 Å². The number of piperidine rings is 1. The fraction of sp³-hybridized carbons (Fsp3) is 0.889. The Bertz CT molecular complexity index is 165. The molecule has 0 radical (unpaired) electrons. The highest BCUT2D eigenvalue weighted by Crippen LogP contribution is 2.33. The Labute approximate surface area is 67.4 Å². The smallest absolute Gasteiger partial charge is 0.223 e. The van der Waals surface area contributed by atoms with Crippen LogP contribution in [0, 0.1) is 11.8 Å². The van der Waals surface area contributed by atoms with Crippen molar-refractivity contribution in [2.45, 2.75) is 32.1 Å². The van der Waals surface area contributed by atoms with Gasteiger partial charge in [-0.2, -0.15) is 0 Å². The normalized spacial score (nSPS) is 37.6. The first-order valence-corrected chi connectivity index (χ1v) is 4.65. The maximum Gasteiger partial charge on any atom is 0.223 e. The van der Waals surface area contributed by atoms with Crippen molar-refractivity contribution < 1.29 is 4.79 Å². The van der Waals surface area contributed by atoms with Crippen LogP contribution >= 0.6 is 0 Å². The second kappa shape index (κ2) is 2.84. The number of hydrogen-bond donors (Lipinski definition) is 1. The predicted molar refractivity (Wildman–Crippen MR) is 43.1 cm³/mol. The summed E-state index contributed by atoms with van der Waals surface area (Å²) in [5.41, 5.74) is 0. The van der Waals surface area contributed by atoms with Gasteiger partial charge in [0, 0.05) is 12.5 Å². The molecule has 2 rings (SSSR count). The molecule has 2 aliphatic rings. The third-order valence-electron chi connectivity index (χ3n) is 3.06. The lowest BCUT2D eigenvalue weighted by Gasteiger charge is -2.34. The Kier molecular flexibility index (Phi) is 1.84. The van der Waals surface area contributed by atoms with Crippen molar-refractivity contribution in [3.63, 3.8) is 0 Å². The maximum absolute atomic E-state index is 11.3. The van der Waals surface area contributed by atoms with Crippen molar-refractivity contribution >= 4 is 5.91 Å². The first-order valence-electron chi connectivity index (χ1n) is 4.65. The number of hydrogen-bond acceptors (Lipinski definition) is 1. The quantitative estimate of drug-likeness (QED) is 0.558. The van der Waals surface area contributed by atoms with Crippen molar-refractivity contribution in [2.75, 3.05) is 6.54 Å². The van der Waals surface area contributed by atoms with Gasteiger partial charge in [-0.05, 0) is 25.2 Å². The molecular formula is C9H15NO. The Morgan fingerprint density at radius 2 is 2.00 bits per heavy atom. The Balaban J connectivity index is 2.05. The molecule has 1 N–H and O–H groups in total. The van der Waals surface area contributed by atoms with Crippen LogP contribution in [-0.2, 0) is 4.79 Å². The highest BCUT2D eigenvalue weighted by atomic mass is 16.1. The molecule has 1 amide bonds. The van der Waals surface area contributed by atoms with Gasteiger partial charge in [0.1, 0.15) is 0 Å². The van der Waals surface area contributed by atoms with Crippen LogP contribution in [0.25, 0.3) is 0 Å². The molecule has 0 aromatic carbocycles. The maximum atomic E-state index is 11.3. The first-order chi connectivity index (χ1) is 5.38. The molecule has 0 spiro atoms. The largest absolute Gasteiger partial charge is 0.356 e. The van der Waals surface area contributed by atoms with Crippen LogP contribution in [0.15, 0.2) is 0 Å². The van der Waals surface area contributed by atoms with E-state index < -0.39 is 0 Å². The van der Waals surface area contributed by atoms with Gasteiger partial charge in [-0.25, -0.2) is 0 Å². The summed E-state index contributed by atoms with van der Waals surface area (Å²) < 4.78 is 0. The van der Waals surface area contributed by atoms with E-state index in [1.165, 1.54) is 25.7 Å². The highest BCUT2D eigenvalue weighted by Gasteiger charge is 2.33. The standard InChI is InChI=1S/C9H15NO/c11-9-8-4-2-1-3-7(8)5-6-10-9/h7-8H,1-6H2,(H,10,11). The van der Waals surface area contributed by atoms with E-state index >= 15 is 0 Å². The fourth-order valence-electron chi connectivity index (χ4n) is 2.41. The number of carbonyl (C=O) groups is 1. The minimum atomic E-state index is 0.320. The molecule has 2 nitrogen and oxygen atoms in total. The van der Waals surface area contributed by atoms with Gasteiger partial charge in [0.2, 0.25) is 5.91 Å². The molecule has 0 bridgehead atoms. The molecule has 11 heavy (non-hydrogen) atoms. The molecule has 0 aromatic rings. The highest BCUT2D eigenvalue weighted by molar-refractivity contribution is 5.79. The van der Waals surface area contributed by atoms with Crippen LogP contribution in [0.5, 0.6) is 0 Å². The average Bonchev–Trinajstić information content (AvgIpc) is 2.06. The van der Waals surface area contributed by atoms with Gasteiger partial charge in [-0.3, -0.25) is 4.79 Å². The van der Waals surface area contributed by atoms with Crippen LogP contribution in [0.4, 0.5) is 0 Å². The van der Waals surface area contributed by atoms with Gasteiger partial charge in [0.25, 0.3) is 0 Å². The predicted octanol–water partition coefficient (Wildman–Crippen LogP) is 1.31. The molecule has 2 unspecified atom stereocenters. The summed E-state index contributed by atoms with van der Waals surface area (Å²) in [7, 11) is 0. The van der Waals surface area contributed by atoms with E-state index in [9.17, 15) is 4.79 Å². The summed E-state index contributed by atoms with van der Waals surface area (Å²) in [5.74, 6) is 1.41. The van der Waals surface area contributed by atoms with Crippen molar-refractivity contribution in [3.05, 3.63) is 0 Å². The minimum absolute atomic E-state index is 0.320. The van der Waals surface area contributed by atoms with Crippen molar-refractivity contribution in [1.29, 1.82) is 0 Å². The van der Waals surface area contributed by atoms with Gasteiger partial charge in [0.05, 0.1) is 0 Å². The number of fused-ring (bicyclic) bond motifs is 1. The monoisotopic (exact) mass is 153 g/mol. The molecular weight excluding hydrogens is 138 g/mol. The third kappa shape index (κ3) is 1.26. The summed E-state index contributed by atoms with van der Waals surface area (Å²) in [6.45, 7) is 0.917. The average molecular weight is 153 g/mol. The lowest BCUT2D eigenvalue weighted by atomic mass is 9.75. The first kappa shape index (κ1) is 7.14. The number of amides is 1. The van der Waals surface area contributed by atoms with Crippen LogP contribution in [-0.4, -0.2) is 12.5 Å². The van der Waals surface area contributed by atoms with Crippen LogP contribution in [0.3, 0.4) is 0 Å². The zero-order valence-electron chi connectivity index (χ0n) is 6.81. The molecule has 2 heteroatoms. The molecule has 62 valence electrons. The zero-order valence-corrected chi connectivity index (χ0v) is 6.81. The van der Waals surface area contributed by atoms with Gasteiger partial charge in [-0.15, -0.1) is 0 Å². The SMILES string of the molecule is O=C1NCCC2CCCCC12. The summed E-state index contributed by atoms with van der Waals surface area (Å²) in [6, 6.07) is 0. The second-order valence-corrected chi connectivity index (χ2v) is 3.73. The van der Waals surface area contributed by atoms with E-state index in [0.29, 0.717) is 11.8 Å². The third-order valence-corrected chi connectivity index (χ3v) is 3.06. The molecule has 1 saturated carbocycles. The minimum Gasteiger partial charge on any atom is -0.356 e. The molecule has 2 atom stereocenters. The summed E-state index contributed by atoms with van der Waals surface area (Å²) in [4.78, 5) is 11.3. The van der Waals surface area contributed by atoms with E-state index in [1.54, 1.807) is 0 Å². The molecule has 1 aliphatic heterocycles. The van der Waals surface area contributed by atoms with Crippen LogP contribution < -0.4 is 5.32 Å². The molecule has 0 aromatic heterocycles. The van der Waals surface area contributed by atoms with E-state index in [-0.39, 0.29) is 0 Å².